The first-order chi connectivity index (χ1) is 19.3. The summed E-state index contributed by atoms with van der Waals surface area (Å²) < 4.78 is 17.3. The number of aromatic hydroxyl groups is 2. The molecule has 0 aromatic heterocycles. The Morgan fingerprint density at radius 3 is 2.49 bits per heavy atom. The Balaban J connectivity index is 1.69. The lowest BCUT2D eigenvalue weighted by Crippen LogP contribution is -2.54. The first-order valence-electron chi connectivity index (χ1n) is 13.6. The second-order valence-corrected chi connectivity index (χ2v) is 11.3. The number of ether oxygens (including phenoxy) is 3. The van der Waals surface area contributed by atoms with Crippen LogP contribution >= 0.6 is 0 Å². The number of aliphatic hydroxyl groups excluding tert-OH is 1. The van der Waals surface area contributed by atoms with Gasteiger partial charge in [-0.05, 0) is 45.1 Å². The van der Waals surface area contributed by atoms with Gasteiger partial charge in [0.2, 0.25) is 5.78 Å². The van der Waals surface area contributed by atoms with Crippen LogP contribution in [0.5, 0.6) is 11.5 Å². The molecule has 2 aliphatic carbocycles. The molecular formula is C30H35NO10. The van der Waals surface area contributed by atoms with Gasteiger partial charge in [-0.2, -0.15) is 0 Å². The normalized spacial score (nSPS) is 30.9. The topological polar surface area (TPSA) is 163 Å². The Kier molecular flexibility index (Phi) is 7.46. The number of nitrogens with zero attached hydrogens (tertiary/aromatic N) is 1. The van der Waals surface area contributed by atoms with Gasteiger partial charge in [-0.1, -0.05) is 19.1 Å². The van der Waals surface area contributed by atoms with E-state index in [0.717, 1.165) is 0 Å². The molecule has 220 valence electrons. The van der Waals surface area contributed by atoms with Crippen LogP contribution in [0.4, 0.5) is 0 Å². The number of rotatable bonds is 5. The van der Waals surface area contributed by atoms with Gasteiger partial charge in [-0.3, -0.25) is 14.4 Å². The van der Waals surface area contributed by atoms with Crippen LogP contribution in [0.15, 0.2) is 24.3 Å². The van der Waals surface area contributed by atoms with Gasteiger partial charge in [-0.15, -0.1) is 0 Å². The number of ketones is 2. The van der Waals surface area contributed by atoms with Crippen molar-refractivity contribution in [2.45, 2.75) is 75.3 Å². The quantitative estimate of drug-likeness (QED) is 0.333. The standard InChI is InChI=1S/C30H35NO10/c1-6-30(38)12-19(41-20-11-17(31(3)4)25(33)13(2)40-20)22-15(24(30)29(37)39-5)10-16-23(28(22)36)27(35)21-14(26(16)34)8-7-9-18(21)32/h7-10,13,17,19-20,24-25,32-33,36,38H,6,11-12H2,1-5H3/t13-,17+,19+,20-,24+,25+,30-/m1/s1. The Labute approximate surface area is 237 Å². The monoisotopic (exact) mass is 569 g/mol. The molecule has 41 heavy (non-hydrogen) atoms. The Morgan fingerprint density at radius 2 is 1.85 bits per heavy atom. The molecule has 0 radical (unpaired) electrons. The van der Waals surface area contributed by atoms with Crippen molar-refractivity contribution in [2.75, 3.05) is 21.2 Å². The maximum Gasteiger partial charge on any atom is 0.316 e. The van der Waals surface area contributed by atoms with E-state index < -0.39 is 65.2 Å². The van der Waals surface area contributed by atoms with Crippen molar-refractivity contribution in [3.8, 4) is 11.5 Å². The van der Waals surface area contributed by atoms with E-state index in [9.17, 15) is 34.8 Å². The second-order valence-electron chi connectivity index (χ2n) is 11.3. The third-order valence-electron chi connectivity index (χ3n) is 8.77. The lowest BCUT2D eigenvalue weighted by molar-refractivity contribution is -0.258. The minimum Gasteiger partial charge on any atom is -0.507 e. The molecule has 0 amide bonds. The van der Waals surface area contributed by atoms with E-state index in [2.05, 4.69) is 0 Å². The molecule has 0 bridgehead atoms. The fourth-order valence-electron chi connectivity index (χ4n) is 6.50. The smallest absolute Gasteiger partial charge is 0.316 e. The maximum absolute atomic E-state index is 13.6. The summed E-state index contributed by atoms with van der Waals surface area (Å²) in [7, 11) is 4.82. The van der Waals surface area contributed by atoms with E-state index in [1.54, 1.807) is 13.8 Å². The van der Waals surface area contributed by atoms with Gasteiger partial charge in [0.1, 0.15) is 17.4 Å². The van der Waals surface area contributed by atoms with Crippen LogP contribution in [0.1, 0.15) is 88.1 Å². The average molecular weight is 570 g/mol. The highest BCUT2D eigenvalue weighted by Crippen LogP contribution is 2.54. The number of carbonyl (C=O) groups excluding carboxylic acids is 3. The minimum atomic E-state index is -1.69. The molecule has 2 aromatic carbocycles. The molecule has 4 N–H and O–H groups in total. The molecule has 0 spiro atoms. The first kappa shape index (κ1) is 29.2. The van der Waals surface area contributed by atoms with Gasteiger partial charge in [0.15, 0.2) is 12.1 Å². The van der Waals surface area contributed by atoms with Gasteiger partial charge in [-0.25, -0.2) is 0 Å². The summed E-state index contributed by atoms with van der Waals surface area (Å²) >= 11 is 0. The van der Waals surface area contributed by atoms with Gasteiger partial charge in [0.25, 0.3) is 0 Å². The molecular weight excluding hydrogens is 534 g/mol. The predicted octanol–water partition coefficient (Wildman–Crippen LogP) is 2.16. The minimum absolute atomic E-state index is 0.0382. The highest BCUT2D eigenvalue weighted by atomic mass is 16.7. The molecule has 1 fully saturated rings. The molecule has 1 heterocycles. The largest absolute Gasteiger partial charge is 0.507 e. The zero-order chi connectivity index (χ0) is 30.0. The van der Waals surface area contributed by atoms with Gasteiger partial charge in [0, 0.05) is 35.6 Å². The third kappa shape index (κ3) is 4.52. The van der Waals surface area contributed by atoms with E-state index in [4.69, 9.17) is 14.2 Å². The molecule has 1 saturated heterocycles. The average Bonchev–Trinajstić information content (AvgIpc) is 2.92. The Hall–Kier alpha value is -3.35. The summed E-state index contributed by atoms with van der Waals surface area (Å²) in [6.07, 6.45) is -3.09. The number of benzene rings is 2. The zero-order valence-corrected chi connectivity index (χ0v) is 23.6. The van der Waals surface area contributed by atoms with Crippen molar-refractivity contribution < 1.29 is 49.0 Å². The predicted molar refractivity (Wildman–Crippen MR) is 144 cm³/mol. The highest BCUT2D eigenvalue weighted by Gasteiger charge is 2.53. The molecule has 0 saturated carbocycles. The van der Waals surface area contributed by atoms with Crippen molar-refractivity contribution in [1.29, 1.82) is 0 Å². The fraction of sp³-hybridized carbons (Fsp3) is 0.500. The second kappa shape index (κ2) is 10.5. The first-order valence-corrected chi connectivity index (χ1v) is 13.6. The molecule has 3 aliphatic rings. The number of methoxy groups -OCH3 is 1. The van der Waals surface area contributed by atoms with Crippen molar-refractivity contribution in [1.82, 2.24) is 4.90 Å². The molecule has 5 rings (SSSR count). The van der Waals surface area contributed by atoms with Crippen LogP contribution in [0.2, 0.25) is 0 Å². The molecule has 2 aromatic rings. The number of phenols is 2. The van der Waals surface area contributed by atoms with Crippen LogP contribution in [0.3, 0.4) is 0 Å². The van der Waals surface area contributed by atoms with E-state index in [1.807, 2.05) is 19.0 Å². The fourth-order valence-corrected chi connectivity index (χ4v) is 6.50. The van der Waals surface area contributed by atoms with Crippen LogP contribution in [0, 0.1) is 0 Å². The number of carbonyl (C=O) groups is 3. The van der Waals surface area contributed by atoms with E-state index in [-0.39, 0.29) is 58.7 Å². The zero-order valence-electron chi connectivity index (χ0n) is 23.6. The maximum atomic E-state index is 13.6. The van der Waals surface area contributed by atoms with Crippen molar-refractivity contribution in [3.05, 3.63) is 57.6 Å². The molecule has 11 heteroatoms. The Bertz CT molecular complexity index is 1420. The van der Waals surface area contributed by atoms with Crippen molar-refractivity contribution >= 4 is 17.5 Å². The Morgan fingerprint density at radius 1 is 1.15 bits per heavy atom. The lowest BCUT2D eigenvalue weighted by atomic mass is 9.67. The van der Waals surface area contributed by atoms with Crippen LogP contribution in [-0.2, 0) is 19.0 Å². The summed E-state index contributed by atoms with van der Waals surface area (Å²) in [5.74, 6) is -4.42. The summed E-state index contributed by atoms with van der Waals surface area (Å²) in [4.78, 5) is 42.1. The number of phenolic OH excluding ortho intramolecular Hbond substituents is 2. The SMILES string of the molecule is CC[C@@]1(O)C[C@H](O[C@@H]2C[C@H](N(C)C)[C@@H](O)[C@@H](C)O2)c2c(cc3c(c2O)C(=O)c2c(O)cccc2C3=O)[C@H]1C(=O)OC. The van der Waals surface area contributed by atoms with Crippen LogP contribution in [0.25, 0.3) is 0 Å². The van der Waals surface area contributed by atoms with E-state index in [0.29, 0.717) is 0 Å². The number of esters is 1. The number of fused-ring (bicyclic) bond motifs is 3. The third-order valence-corrected chi connectivity index (χ3v) is 8.77. The van der Waals surface area contributed by atoms with Crippen LogP contribution in [-0.4, -0.2) is 94.2 Å². The van der Waals surface area contributed by atoms with Gasteiger partial charge >= 0.3 is 5.97 Å². The van der Waals surface area contributed by atoms with E-state index >= 15 is 0 Å². The van der Waals surface area contributed by atoms with Crippen molar-refractivity contribution in [3.63, 3.8) is 0 Å². The number of hydrogen-bond acceptors (Lipinski definition) is 11. The number of hydrogen-bond donors (Lipinski definition) is 4. The van der Waals surface area contributed by atoms with E-state index in [1.165, 1.54) is 31.4 Å². The number of likely N-dealkylation sites (N-methyl/N-ethyl adjacent to an activating group) is 1. The summed E-state index contributed by atoms with van der Waals surface area (Å²) in [6, 6.07) is 5.14. The summed E-state index contributed by atoms with van der Waals surface area (Å²) in [5, 5.41) is 44.5. The highest BCUT2D eigenvalue weighted by molar-refractivity contribution is 6.30. The van der Waals surface area contributed by atoms with Gasteiger partial charge < -0.3 is 39.5 Å². The molecule has 7 atom stereocenters. The number of aliphatic hydroxyl groups is 2. The lowest BCUT2D eigenvalue weighted by Gasteiger charge is -2.46. The van der Waals surface area contributed by atoms with Gasteiger partial charge in [0.05, 0.1) is 42.1 Å². The molecule has 0 unspecified atom stereocenters. The molecule has 1 aliphatic heterocycles. The summed E-state index contributed by atoms with van der Waals surface area (Å²) in [5.41, 5.74) is -2.27. The molecule has 11 nitrogen and oxygen atoms in total. The summed E-state index contributed by atoms with van der Waals surface area (Å²) in [6.45, 7) is 3.41. The van der Waals surface area contributed by atoms with Crippen molar-refractivity contribution in [2.24, 2.45) is 0 Å². The van der Waals surface area contributed by atoms with Crippen LogP contribution < -0.4 is 0 Å².